The fraction of sp³-hybridized carbons (Fsp3) is 0.241. The van der Waals surface area contributed by atoms with Gasteiger partial charge in [-0.25, -0.2) is 21.9 Å². The summed E-state index contributed by atoms with van der Waals surface area (Å²) in [5.74, 6) is -2.26. The number of sulfonamides is 1. The first-order chi connectivity index (χ1) is 18.7. The molecule has 0 bridgehead atoms. The van der Waals surface area contributed by atoms with E-state index in [0.29, 0.717) is 12.8 Å². The molecule has 1 unspecified atom stereocenters. The second-order valence-corrected chi connectivity index (χ2v) is 12.2. The van der Waals surface area contributed by atoms with Crippen LogP contribution in [-0.2, 0) is 28.9 Å². The summed E-state index contributed by atoms with van der Waals surface area (Å²) in [4.78, 5) is -0.248. The highest BCUT2D eigenvalue weighted by atomic mass is 32.2. The van der Waals surface area contributed by atoms with Crippen LogP contribution in [0, 0.1) is 18.6 Å². The summed E-state index contributed by atoms with van der Waals surface area (Å²) in [6, 6.07) is 16.9. The van der Waals surface area contributed by atoms with Crippen LogP contribution >= 0.6 is 0 Å². The summed E-state index contributed by atoms with van der Waals surface area (Å²) >= 11 is 0. The zero-order chi connectivity index (χ0) is 27.4. The van der Waals surface area contributed by atoms with E-state index in [1.165, 1.54) is 4.31 Å². The van der Waals surface area contributed by atoms with Gasteiger partial charge in [-0.15, -0.1) is 0 Å². The van der Waals surface area contributed by atoms with E-state index < -0.39 is 27.1 Å². The summed E-state index contributed by atoms with van der Waals surface area (Å²) < 4.78 is 59.5. The summed E-state index contributed by atoms with van der Waals surface area (Å²) in [7, 11) is -2.18. The molecule has 5 aromatic rings. The van der Waals surface area contributed by atoms with Crippen LogP contribution in [0.4, 0.5) is 8.78 Å². The Morgan fingerprint density at radius 3 is 2.49 bits per heavy atom. The lowest BCUT2D eigenvalue weighted by Gasteiger charge is -2.32. The molecule has 0 radical (unpaired) electrons. The van der Waals surface area contributed by atoms with Gasteiger partial charge in [0, 0.05) is 30.9 Å². The Balaban J connectivity index is 1.44. The number of benzene rings is 3. The second-order valence-electron chi connectivity index (χ2n) is 10.3. The molecule has 0 N–H and O–H groups in total. The van der Waals surface area contributed by atoms with Crippen molar-refractivity contribution in [2.75, 3.05) is 13.1 Å². The van der Waals surface area contributed by atoms with Gasteiger partial charge in [0.15, 0.2) is 11.6 Å². The van der Waals surface area contributed by atoms with Gasteiger partial charge in [-0.05, 0) is 66.8 Å². The molecule has 3 aromatic carbocycles. The van der Waals surface area contributed by atoms with E-state index in [1.54, 1.807) is 10.9 Å². The quantitative estimate of drug-likeness (QED) is 0.303. The van der Waals surface area contributed by atoms with Gasteiger partial charge in [-0.3, -0.25) is 4.68 Å². The lowest BCUT2D eigenvalue weighted by Crippen LogP contribution is -2.36. The molecule has 1 saturated heterocycles. The summed E-state index contributed by atoms with van der Waals surface area (Å²) in [5, 5.41) is 9.79. The number of nitrogens with zero attached hydrogens (tertiary/aromatic N) is 5. The molecule has 0 spiro atoms. The minimum atomic E-state index is -4.03. The molecule has 0 aliphatic carbocycles. The summed E-state index contributed by atoms with van der Waals surface area (Å²) in [6.45, 7) is 2.52. The molecular formula is C29H27F2N5O2S. The van der Waals surface area contributed by atoms with Crippen LogP contribution in [0.5, 0.6) is 0 Å². The lowest BCUT2D eigenvalue weighted by atomic mass is 9.73. The Bertz CT molecular complexity index is 1800. The van der Waals surface area contributed by atoms with Crippen LogP contribution in [-0.4, -0.2) is 45.4 Å². The fourth-order valence-electron chi connectivity index (χ4n) is 5.75. The number of hydrogen-bond acceptors (Lipinski definition) is 4. The number of rotatable bonds is 6. The Kier molecular flexibility index (Phi) is 6.11. The van der Waals surface area contributed by atoms with Crippen LogP contribution in [0.1, 0.15) is 23.1 Å². The van der Waals surface area contributed by atoms with Crippen molar-refractivity contribution in [2.24, 2.45) is 7.05 Å². The minimum Gasteiger partial charge on any atom is -0.274 e. The molecule has 0 saturated carbocycles. The SMILES string of the molecule is Cc1cc2c(cnn2-c2cnn(C)c2)cc1C1(Cc2ccccc2)CCN(S(=O)(=O)c2ccc(F)c(F)c2)C1. The van der Waals surface area contributed by atoms with Gasteiger partial charge in [0.1, 0.15) is 5.69 Å². The number of halogens is 2. The Labute approximate surface area is 225 Å². The molecule has 1 aliphatic heterocycles. The smallest absolute Gasteiger partial charge is 0.243 e. The highest BCUT2D eigenvalue weighted by molar-refractivity contribution is 7.89. The maximum absolute atomic E-state index is 14.0. The molecule has 39 heavy (non-hydrogen) atoms. The molecule has 1 fully saturated rings. The molecule has 200 valence electrons. The van der Waals surface area contributed by atoms with Gasteiger partial charge in [0.25, 0.3) is 0 Å². The van der Waals surface area contributed by atoms with Gasteiger partial charge in [0.2, 0.25) is 10.0 Å². The molecule has 1 aliphatic rings. The van der Waals surface area contributed by atoms with Crippen LogP contribution in [0.3, 0.4) is 0 Å². The van der Waals surface area contributed by atoms with Crippen molar-refractivity contribution >= 4 is 20.9 Å². The molecule has 6 rings (SSSR count). The normalized spacial score (nSPS) is 18.3. The molecule has 10 heteroatoms. The van der Waals surface area contributed by atoms with E-state index in [4.69, 9.17) is 0 Å². The van der Waals surface area contributed by atoms with Crippen molar-refractivity contribution in [3.8, 4) is 5.69 Å². The van der Waals surface area contributed by atoms with Gasteiger partial charge < -0.3 is 0 Å². The maximum atomic E-state index is 14.0. The average molecular weight is 548 g/mol. The van der Waals surface area contributed by atoms with Crippen molar-refractivity contribution in [2.45, 2.75) is 30.1 Å². The van der Waals surface area contributed by atoms with Gasteiger partial charge >= 0.3 is 0 Å². The first-order valence-corrected chi connectivity index (χ1v) is 14.1. The predicted molar refractivity (Wildman–Crippen MR) is 144 cm³/mol. The number of hydrogen-bond donors (Lipinski definition) is 0. The van der Waals surface area contributed by atoms with E-state index in [1.807, 2.05) is 61.4 Å². The second kappa shape index (κ2) is 9.39. The number of fused-ring (bicyclic) bond motifs is 1. The van der Waals surface area contributed by atoms with Gasteiger partial charge in [-0.2, -0.15) is 14.5 Å². The van der Waals surface area contributed by atoms with Crippen molar-refractivity contribution in [3.05, 3.63) is 108 Å². The van der Waals surface area contributed by atoms with Crippen LogP contribution in [0.2, 0.25) is 0 Å². The van der Waals surface area contributed by atoms with E-state index in [0.717, 1.165) is 51.5 Å². The monoisotopic (exact) mass is 547 g/mol. The van der Waals surface area contributed by atoms with Gasteiger partial charge in [-0.1, -0.05) is 30.3 Å². The zero-order valence-electron chi connectivity index (χ0n) is 21.6. The minimum absolute atomic E-state index is 0.215. The highest BCUT2D eigenvalue weighted by Gasteiger charge is 2.45. The van der Waals surface area contributed by atoms with Crippen LogP contribution in [0.15, 0.2) is 84.1 Å². The molecule has 3 heterocycles. The standard InChI is InChI=1S/C29H27F2N5O2S/c1-20-12-28-22(16-33-36(28)23-17-32-34(2)18-23)13-25(20)29(15-21-6-4-3-5-7-21)10-11-35(19-29)39(37,38)24-8-9-26(30)27(31)14-24/h3-9,12-14,16-18H,10-11,15,19H2,1-2H3. The van der Waals surface area contributed by atoms with E-state index in [9.17, 15) is 17.2 Å². The molecule has 0 amide bonds. The first kappa shape index (κ1) is 25.4. The molecule has 7 nitrogen and oxygen atoms in total. The highest BCUT2D eigenvalue weighted by Crippen LogP contribution is 2.42. The van der Waals surface area contributed by atoms with Crippen LogP contribution < -0.4 is 0 Å². The third-order valence-electron chi connectivity index (χ3n) is 7.65. The van der Waals surface area contributed by atoms with Crippen LogP contribution in [0.25, 0.3) is 16.6 Å². The topological polar surface area (TPSA) is 73.0 Å². The van der Waals surface area contributed by atoms with Gasteiger partial charge in [0.05, 0.1) is 29.0 Å². The fourth-order valence-corrected chi connectivity index (χ4v) is 7.28. The van der Waals surface area contributed by atoms with Crippen molar-refractivity contribution in [3.63, 3.8) is 0 Å². The number of aryl methyl sites for hydroxylation is 2. The van der Waals surface area contributed by atoms with Crippen molar-refractivity contribution < 1.29 is 17.2 Å². The van der Waals surface area contributed by atoms with E-state index in [2.05, 4.69) is 22.3 Å². The summed E-state index contributed by atoms with van der Waals surface area (Å²) in [6.07, 6.45) is 6.66. The third-order valence-corrected chi connectivity index (χ3v) is 9.50. The Hall–Kier alpha value is -3.89. The van der Waals surface area contributed by atoms with Crippen molar-refractivity contribution in [1.29, 1.82) is 0 Å². The molecule has 1 atom stereocenters. The summed E-state index contributed by atoms with van der Waals surface area (Å²) in [5.41, 5.74) is 4.42. The Morgan fingerprint density at radius 1 is 0.974 bits per heavy atom. The third kappa shape index (κ3) is 4.43. The zero-order valence-corrected chi connectivity index (χ0v) is 22.4. The first-order valence-electron chi connectivity index (χ1n) is 12.6. The predicted octanol–water partition coefficient (Wildman–Crippen LogP) is 4.92. The van der Waals surface area contributed by atoms with E-state index >= 15 is 0 Å². The maximum Gasteiger partial charge on any atom is 0.243 e. The lowest BCUT2D eigenvalue weighted by molar-refractivity contribution is 0.413. The average Bonchev–Trinajstić information content (AvgIpc) is 3.64. The molecule has 2 aromatic heterocycles. The van der Waals surface area contributed by atoms with Crippen molar-refractivity contribution in [1.82, 2.24) is 23.9 Å². The Morgan fingerprint density at radius 2 is 1.77 bits per heavy atom. The number of aromatic nitrogens is 4. The van der Waals surface area contributed by atoms with E-state index in [-0.39, 0.29) is 18.0 Å². The molecular weight excluding hydrogens is 520 g/mol. The largest absolute Gasteiger partial charge is 0.274 e.